The van der Waals surface area contributed by atoms with Crippen molar-refractivity contribution in [3.63, 3.8) is 0 Å². The van der Waals surface area contributed by atoms with Crippen LogP contribution >= 0.6 is 0 Å². The largest absolute Gasteiger partial charge is 0.381 e. The van der Waals surface area contributed by atoms with Crippen LogP contribution in [0.2, 0.25) is 0 Å². The topological polar surface area (TPSA) is 89.3 Å². The Morgan fingerprint density at radius 2 is 2.07 bits per heavy atom. The van der Waals surface area contributed by atoms with Crippen molar-refractivity contribution in [2.75, 3.05) is 19.5 Å². The number of aromatic amines is 1. The van der Waals surface area contributed by atoms with E-state index in [2.05, 4.69) is 19.4 Å². The second kappa shape index (κ2) is 6.42. The van der Waals surface area contributed by atoms with Crippen LogP contribution in [0.25, 0.3) is 27.9 Å². The fourth-order valence-corrected chi connectivity index (χ4v) is 4.51. The van der Waals surface area contributed by atoms with Crippen molar-refractivity contribution in [2.24, 2.45) is 0 Å². The number of fused-ring (bicyclic) bond motifs is 3. The van der Waals surface area contributed by atoms with Crippen LogP contribution in [0.15, 0.2) is 47.6 Å². The highest BCUT2D eigenvalue weighted by molar-refractivity contribution is 7.90. The lowest BCUT2D eigenvalue weighted by atomic mass is 10.0. The maximum Gasteiger partial charge on any atom is 0.175 e. The zero-order valence-electron chi connectivity index (χ0n) is 15.4. The Balaban J connectivity index is 1.67. The summed E-state index contributed by atoms with van der Waals surface area (Å²) in [5.41, 5.74) is 4.22. The monoisotopic (exact) mass is 396 g/mol. The number of H-pyrrole nitrogens is 1. The molecule has 5 rings (SSSR count). The lowest BCUT2D eigenvalue weighted by Crippen LogP contribution is -2.18. The predicted octanol–water partition coefficient (Wildman–Crippen LogP) is 3.18. The van der Waals surface area contributed by atoms with Gasteiger partial charge in [-0.3, -0.25) is 4.40 Å². The normalized spacial score (nSPS) is 18.1. The van der Waals surface area contributed by atoms with Gasteiger partial charge in [0.15, 0.2) is 15.5 Å². The number of rotatable bonds is 3. The van der Waals surface area contributed by atoms with Gasteiger partial charge < -0.3 is 9.72 Å². The fourth-order valence-electron chi connectivity index (χ4n) is 3.85. The van der Waals surface area contributed by atoms with Crippen molar-refractivity contribution in [3.8, 4) is 11.3 Å². The quantitative estimate of drug-likeness (QED) is 0.574. The van der Waals surface area contributed by atoms with E-state index in [0.717, 1.165) is 53.2 Å². The number of imidazole rings is 1. The molecule has 1 aliphatic heterocycles. The molecule has 144 valence electrons. The average Bonchev–Trinajstić information content (AvgIpc) is 3.32. The number of aromatic nitrogens is 4. The Kier molecular flexibility index (Phi) is 3.99. The Bertz CT molecular complexity index is 1280. The lowest BCUT2D eigenvalue weighted by Gasteiger charge is -2.21. The van der Waals surface area contributed by atoms with Crippen LogP contribution in [0.4, 0.5) is 0 Å². The van der Waals surface area contributed by atoms with Gasteiger partial charge in [-0.1, -0.05) is 12.1 Å². The minimum atomic E-state index is -3.27. The van der Waals surface area contributed by atoms with E-state index in [4.69, 9.17) is 4.74 Å². The van der Waals surface area contributed by atoms with E-state index in [1.807, 2.05) is 18.3 Å². The maximum atomic E-state index is 11.9. The summed E-state index contributed by atoms with van der Waals surface area (Å²) in [7, 11) is -3.27. The SMILES string of the molecule is CS(=O)(=O)c1cccc(-c2cc3c(ncc4cnc(C5CCCOC5)n43)[nH]2)c1. The summed E-state index contributed by atoms with van der Waals surface area (Å²) in [5, 5.41) is 0. The van der Waals surface area contributed by atoms with Crippen LogP contribution in [0.5, 0.6) is 0 Å². The summed E-state index contributed by atoms with van der Waals surface area (Å²) >= 11 is 0. The molecule has 1 atom stereocenters. The summed E-state index contributed by atoms with van der Waals surface area (Å²) in [4.78, 5) is 12.8. The third-order valence-electron chi connectivity index (χ3n) is 5.26. The van der Waals surface area contributed by atoms with E-state index < -0.39 is 9.84 Å². The van der Waals surface area contributed by atoms with Gasteiger partial charge in [0.05, 0.1) is 34.9 Å². The third-order valence-corrected chi connectivity index (χ3v) is 6.37. The Morgan fingerprint density at radius 1 is 1.21 bits per heavy atom. The molecule has 0 bridgehead atoms. The highest BCUT2D eigenvalue weighted by Crippen LogP contribution is 2.30. The van der Waals surface area contributed by atoms with E-state index in [-0.39, 0.29) is 5.92 Å². The molecule has 4 heterocycles. The highest BCUT2D eigenvalue weighted by atomic mass is 32.2. The van der Waals surface area contributed by atoms with E-state index in [0.29, 0.717) is 11.5 Å². The van der Waals surface area contributed by atoms with Gasteiger partial charge in [-0.2, -0.15) is 0 Å². The Morgan fingerprint density at radius 3 is 2.86 bits per heavy atom. The molecule has 0 amide bonds. The molecule has 0 aliphatic carbocycles. The van der Waals surface area contributed by atoms with Crippen molar-refractivity contribution < 1.29 is 13.2 Å². The molecular weight excluding hydrogens is 376 g/mol. The summed E-state index contributed by atoms with van der Waals surface area (Å²) < 4.78 is 31.6. The molecule has 4 aromatic rings. The van der Waals surface area contributed by atoms with Crippen LogP contribution in [-0.4, -0.2) is 47.2 Å². The molecule has 1 saturated heterocycles. The first kappa shape index (κ1) is 17.4. The van der Waals surface area contributed by atoms with E-state index in [1.165, 1.54) is 6.26 Å². The van der Waals surface area contributed by atoms with Gasteiger partial charge in [0, 0.05) is 24.5 Å². The molecule has 3 aromatic heterocycles. The molecule has 1 N–H and O–H groups in total. The summed E-state index contributed by atoms with van der Waals surface area (Å²) in [6.45, 7) is 1.48. The van der Waals surface area contributed by atoms with Crippen LogP contribution in [0, 0.1) is 0 Å². The Labute approximate surface area is 162 Å². The number of nitrogens with zero attached hydrogens (tertiary/aromatic N) is 3. The fraction of sp³-hybridized carbons (Fsp3) is 0.300. The summed E-state index contributed by atoms with van der Waals surface area (Å²) in [6.07, 6.45) is 6.94. The van der Waals surface area contributed by atoms with Crippen LogP contribution in [0.3, 0.4) is 0 Å². The van der Waals surface area contributed by atoms with E-state index in [9.17, 15) is 8.42 Å². The minimum absolute atomic E-state index is 0.258. The van der Waals surface area contributed by atoms with Crippen molar-refractivity contribution in [2.45, 2.75) is 23.7 Å². The number of hydrogen-bond donors (Lipinski definition) is 1. The smallest absolute Gasteiger partial charge is 0.175 e. The number of benzene rings is 1. The number of hydrogen-bond acceptors (Lipinski definition) is 5. The van der Waals surface area contributed by atoms with Crippen LogP contribution in [-0.2, 0) is 14.6 Å². The van der Waals surface area contributed by atoms with Gasteiger partial charge in [0.25, 0.3) is 0 Å². The molecular formula is C20H20N4O3S. The van der Waals surface area contributed by atoms with Gasteiger partial charge in [0.2, 0.25) is 0 Å². The van der Waals surface area contributed by atoms with Gasteiger partial charge in [-0.25, -0.2) is 18.4 Å². The zero-order valence-corrected chi connectivity index (χ0v) is 16.2. The van der Waals surface area contributed by atoms with Crippen molar-refractivity contribution in [1.82, 2.24) is 19.4 Å². The molecule has 28 heavy (non-hydrogen) atoms. The molecule has 1 fully saturated rings. The molecule has 0 spiro atoms. The predicted molar refractivity (Wildman–Crippen MR) is 106 cm³/mol. The lowest BCUT2D eigenvalue weighted by molar-refractivity contribution is 0.0780. The molecule has 8 heteroatoms. The second-order valence-electron chi connectivity index (χ2n) is 7.27. The Hall–Kier alpha value is -2.71. The second-order valence-corrected chi connectivity index (χ2v) is 9.28. The number of ether oxygens (including phenoxy) is 1. The van der Waals surface area contributed by atoms with Gasteiger partial charge >= 0.3 is 0 Å². The first-order chi connectivity index (χ1) is 13.5. The standard InChI is InChI=1S/C20H20N4O3S/c1-28(25,26)16-6-2-4-13(8-16)17-9-18-19(23-17)21-10-15-11-22-20(24(15)18)14-5-3-7-27-12-14/h2,4,6,8-11,14,23H,3,5,7,12H2,1H3. The number of sulfone groups is 1. The molecule has 0 radical (unpaired) electrons. The summed E-state index contributed by atoms with van der Waals surface area (Å²) in [5.74, 6) is 1.24. The minimum Gasteiger partial charge on any atom is -0.381 e. The first-order valence-corrected chi connectivity index (χ1v) is 11.1. The first-order valence-electron chi connectivity index (χ1n) is 9.24. The van der Waals surface area contributed by atoms with Crippen LogP contribution in [0.1, 0.15) is 24.6 Å². The molecule has 7 nitrogen and oxygen atoms in total. The van der Waals surface area contributed by atoms with E-state index in [1.54, 1.807) is 24.4 Å². The molecule has 1 unspecified atom stereocenters. The van der Waals surface area contributed by atoms with E-state index >= 15 is 0 Å². The molecule has 1 aliphatic rings. The van der Waals surface area contributed by atoms with Gasteiger partial charge in [-0.05, 0) is 36.6 Å². The third kappa shape index (κ3) is 2.89. The van der Waals surface area contributed by atoms with Crippen molar-refractivity contribution >= 4 is 26.5 Å². The summed E-state index contributed by atoms with van der Waals surface area (Å²) in [6, 6.07) is 8.93. The van der Waals surface area contributed by atoms with Crippen LogP contribution < -0.4 is 0 Å². The average molecular weight is 396 g/mol. The number of nitrogens with one attached hydrogen (secondary N) is 1. The molecule has 0 saturated carbocycles. The van der Waals surface area contributed by atoms with Crippen molar-refractivity contribution in [3.05, 3.63) is 48.5 Å². The molecule has 1 aromatic carbocycles. The van der Waals surface area contributed by atoms with Gasteiger partial charge in [0.1, 0.15) is 5.82 Å². The highest BCUT2D eigenvalue weighted by Gasteiger charge is 2.22. The van der Waals surface area contributed by atoms with Gasteiger partial charge in [-0.15, -0.1) is 0 Å². The van der Waals surface area contributed by atoms with Crippen molar-refractivity contribution in [1.29, 1.82) is 0 Å². The zero-order chi connectivity index (χ0) is 19.3. The maximum absolute atomic E-state index is 11.9.